The lowest BCUT2D eigenvalue weighted by molar-refractivity contribution is -0.143. The predicted molar refractivity (Wildman–Crippen MR) is 84.7 cm³/mol. The first-order chi connectivity index (χ1) is 11.0. The van der Waals surface area contributed by atoms with E-state index in [9.17, 15) is 24.3 Å². The number of nitrogens with two attached hydrogens (primary N) is 1. The van der Waals surface area contributed by atoms with E-state index in [0.717, 1.165) is 0 Å². The molecule has 4 atom stereocenters. The Kier molecular flexibility index (Phi) is 8.93. The molecule has 0 saturated carbocycles. The lowest BCUT2D eigenvalue weighted by atomic mass is 10.0. The van der Waals surface area contributed by atoms with Crippen LogP contribution in [0.15, 0.2) is 0 Å². The van der Waals surface area contributed by atoms with Crippen molar-refractivity contribution < 1.29 is 29.4 Å². The molecule has 0 heterocycles. The topological polar surface area (TPSA) is 171 Å². The van der Waals surface area contributed by atoms with E-state index in [1.807, 2.05) is 0 Å². The summed E-state index contributed by atoms with van der Waals surface area (Å²) in [5.41, 5.74) is 5.35. The van der Waals surface area contributed by atoms with Gasteiger partial charge in [0.05, 0.1) is 12.6 Å². The number of carboxylic acid groups (broad SMARTS) is 1. The number of hydrogen-bond acceptors (Lipinski definition) is 6. The summed E-state index contributed by atoms with van der Waals surface area (Å²) < 4.78 is 0. The maximum atomic E-state index is 12.0. The van der Waals surface area contributed by atoms with Crippen molar-refractivity contribution in [3.63, 3.8) is 0 Å². The van der Waals surface area contributed by atoms with Crippen LogP contribution in [0.2, 0.25) is 0 Å². The molecule has 0 aliphatic rings. The highest BCUT2D eigenvalue weighted by molar-refractivity contribution is 5.93. The molecule has 0 aromatic carbocycles. The molecule has 0 fully saturated rings. The van der Waals surface area contributed by atoms with Gasteiger partial charge in [-0.15, -0.1) is 0 Å². The Morgan fingerprint density at radius 1 is 0.917 bits per heavy atom. The van der Waals surface area contributed by atoms with Crippen molar-refractivity contribution in [3.05, 3.63) is 0 Å². The van der Waals surface area contributed by atoms with Gasteiger partial charge >= 0.3 is 5.97 Å². The van der Waals surface area contributed by atoms with Crippen LogP contribution in [0.5, 0.6) is 0 Å². The molecule has 3 amide bonds. The second-order valence-electron chi connectivity index (χ2n) is 5.83. The van der Waals surface area contributed by atoms with Crippen molar-refractivity contribution in [1.29, 1.82) is 0 Å². The zero-order valence-corrected chi connectivity index (χ0v) is 14.2. The molecule has 138 valence electrons. The van der Waals surface area contributed by atoms with E-state index >= 15 is 0 Å². The summed E-state index contributed by atoms with van der Waals surface area (Å²) in [5, 5.41) is 25.1. The maximum absolute atomic E-state index is 12.0. The van der Waals surface area contributed by atoms with Gasteiger partial charge in [-0.2, -0.15) is 0 Å². The highest BCUT2D eigenvalue weighted by Gasteiger charge is 2.28. The van der Waals surface area contributed by atoms with Crippen LogP contribution in [0.25, 0.3) is 0 Å². The van der Waals surface area contributed by atoms with Crippen molar-refractivity contribution in [2.75, 3.05) is 6.61 Å². The number of hydrogen-bond donors (Lipinski definition) is 6. The number of aliphatic hydroxyl groups excluding tert-OH is 1. The average molecular weight is 346 g/mol. The summed E-state index contributed by atoms with van der Waals surface area (Å²) in [7, 11) is 0. The minimum Gasteiger partial charge on any atom is -0.480 e. The third-order valence-electron chi connectivity index (χ3n) is 3.21. The Labute approximate surface area is 140 Å². The first-order valence-corrected chi connectivity index (χ1v) is 7.51. The van der Waals surface area contributed by atoms with Crippen LogP contribution in [0.4, 0.5) is 0 Å². The number of carbonyl (C=O) groups is 4. The number of amides is 3. The first kappa shape index (κ1) is 21.8. The molecule has 4 unspecified atom stereocenters. The molecule has 0 aliphatic heterocycles. The van der Waals surface area contributed by atoms with Gasteiger partial charge in [-0.05, 0) is 19.8 Å². The summed E-state index contributed by atoms with van der Waals surface area (Å²) in [4.78, 5) is 46.5. The number of aliphatic carboxylic acids is 1. The zero-order valence-electron chi connectivity index (χ0n) is 14.2. The Morgan fingerprint density at radius 2 is 1.46 bits per heavy atom. The molecule has 10 heteroatoms. The highest BCUT2D eigenvalue weighted by Crippen LogP contribution is 2.02. The van der Waals surface area contributed by atoms with Crippen molar-refractivity contribution >= 4 is 23.7 Å². The molecule has 0 bridgehead atoms. The molecule has 10 nitrogen and oxygen atoms in total. The number of nitrogens with one attached hydrogen (secondary N) is 3. The Bertz CT molecular complexity index is 480. The highest BCUT2D eigenvalue weighted by atomic mass is 16.4. The fourth-order valence-electron chi connectivity index (χ4n) is 1.67. The van der Waals surface area contributed by atoms with Gasteiger partial charge in [-0.3, -0.25) is 14.4 Å². The minimum atomic E-state index is -1.26. The fraction of sp³-hybridized carbons (Fsp3) is 0.714. The minimum absolute atomic E-state index is 0.343. The van der Waals surface area contributed by atoms with Gasteiger partial charge in [0.25, 0.3) is 0 Å². The summed E-state index contributed by atoms with van der Waals surface area (Å²) >= 11 is 0. The van der Waals surface area contributed by atoms with Crippen molar-refractivity contribution in [2.45, 2.75) is 51.9 Å². The Hall–Kier alpha value is -2.20. The van der Waals surface area contributed by atoms with Gasteiger partial charge < -0.3 is 31.9 Å². The molecule has 0 rings (SSSR count). The van der Waals surface area contributed by atoms with E-state index in [1.165, 1.54) is 13.8 Å². The summed E-state index contributed by atoms with van der Waals surface area (Å²) in [6.45, 7) is 5.35. The van der Waals surface area contributed by atoms with E-state index < -0.39 is 54.5 Å². The van der Waals surface area contributed by atoms with E-state index in [2.05, 4.69) is 16.0 Å². The van der Waals surface area contributed by atoms with Crippen LogP contribution in [0, 0.1) is 5.92 Å². The van der Waals surface area contributed by atoms with Gasteiger partial charge in [0.15, 0.2) is 0 Å². The molecule has 24 heavy (non-hydrogen) atoms. The van der Waals surface area contributed by atoms with E-state index in [1.54, 1.807) is 13.8 Å². The molecular weight excluding hydrogens is 320 g/mol. The van der Waals surface area contributed by atoms with E-state index in [0.29, 0.717) is 0 Å². The van der Waals surface area contributed by atoms with Crippen LogP contribution in [0.1, 0.15) is 27.7 Å². The number of carbonyl (C=O) groups excluding carboxylic acids is 3. The average Bonchev–Trinajstić information content (AvgIpc) is 2.48. The second-order valence-corrected chi connectivity index (χ2v) is 5.83. The number of carboxylic acids is 1. The standard InChI is InChI=1S/C14H26N4O6/c1-6(2)10(14(23)24)18-12(21)8(4)16-13(22)9(5-19)17-11(20)7(3)15/h6-10,19H,5,15H2,1-4H3,(H,16,22)(H,17,20)(H,18,21)(H,23,24). The molecule has 0 saturated heterocycles. The van der Waals surface area contributed by atoms with Gasteiger partial charge in [-0.1, -0.05) is 13.8 Å². The van der Waals surface area contributed by atoms with Crippen molar-refractivity contribution in [3.8, 4) is 0 Å². The van der Waals surface area contributed by atoms with Gasteiger partial charge in [-0.25, -0.2) is 4.79 Å². The lowest BCUT2D eigenvalue weighted by Gasteiger charge is -2.23. The van der Waals surface area contributed by atoms with Crippen LogP contribution in [0.3, 0.4) is 0 Å². The van der Waals surface area contributed by atoms with Crippen molar-refractivity contribution in [1.82, 2.24) is 16.0 Å². The summed E-state index contributed by atoms with van der Waals surface area (Å²) in [6, 6.07) is -4.28. The second kappa shape index (κ2) is 9.83. The van der Waals surface area contributed by atoms with Gasteiger partial charge in [0.2, 0.25) is 17.7 Å². The lowest BCUT2D eigenvalue weighted by Crippen LogP contribution is -2.57. The molecule has 0 aromatic rings. The monoisotopic (exact) mass is 346 g/mol. The first-order valence-electron chi connectivity index (χ1n) is 7.51. The zero-order chi connectivity index (χ0) is 19.0. The quantitative estimate of drug-likeness (QED) is 0.269. The molecular formula is C14H26N4O6. The van der Waals surface area contributed by atoms with Crippen LogP contribution < -0.4 is 21.7 Å². The third-order valence-corrected chi connectivity index (χ3v) is 3.21. The van der Waals surface area contributed by atoms with Crippen LogP contribution >= 0.6 is 0 Å². The molecule has 0 radical (unpaired) electrons. The molecule has 7 N–H and O–H groups in total. The van der Waals surface area contributed by atoms with Crippen molar-refractivity contribution in [2.24, 2.45) is 11.7 Å². The van der Waals surface area contributed by atoms with Gasteiger partial charge in [0.1, 0.15) is 18.1 Å². The maximum Gasteiger partial charge on any atom is 0.326 e. The SMILES string of the molecule is CC(N)C(=O)NC(CO)C(=O)NC(C)C(=O)NC(C(=O)O)C(C)C. The van der Waals surface area contributed by atoms with E-state index in [4.69, 9.17) is 10.8 Å². The fourth-order valence-corrected chi connectivity index (χ4v) is 1.67. The van der Waals surface area contributed by atoms with Crippen LogP contribution in [-0.4, -0.2) is 64.7 Å². The Morgan fingerprint density at radius 3 is 1.83 bits per heavy atom. The predicted octanol–water partition coefficient (Wildman–Crippen LogP) is -2.46. The molecule has 0 aromatic heterocycles. The van der Waals surface area contributed by atoms with E-state index in [-0.39, 0.29) is 5.92 Å². The molecule has 0 spiro atoms. The Balaban J connectivity index is 4.74. The van der Waals surface area contributed by atoms with Crippen LogP contribution in [-0.2, 0) is 19.2 Å². The third kappa shape index (κ3) is 6.92. The number of rotatable bonds is 9. The van der Waals surface area contributed by atoms with Gasteiger partial charge in [0, 0.05) is 0 Å². The summed E-state index contributed by atoms with van der Waals surface area (Å²) in [5.74, 6) is -3.64. The number of aliphatic hydroxyl groups is 1. The summed E-state index contributed by atoms with van der Waals surface area (Å²) in [6.07, 6.45) is 0. The smallest absolute Gasteiger partial charge is 0.326 e. The normalized spacial score (nSPS) is 15.8. The largest absolute Gasteiger partial charge is 0.480 e. The molecule has 0 aliphatic carbocycles.